The van der Waals surface area contributed by atoms with Crippen molar-refractivity contribution >= 4 is 8.32 Å². The molecule has 0 radical (unpaired) electrons. The first-order valence-electron chi connectivity index (χ1n) is 15.7. The summed E-state index contributed by atoms with van der Waals surface area (Å²) in [5.74, 6) is 1.22. The van der Waals surface area contributed by atoms with E-state index in [0.29, 0.717) is 17.8 Å². The van der Waals surface area contributed by atoms with Gasteiger partial charge in [-0.25, -0.2) is 0 Å². The van der Waals surface area contributed by atoms with E-state index < -0.39 is 32.7 Å². The van der Waals surface area contributed by atoms with Gasteiger partial charge >= 0.3 is 12.4 Å². The molecule has 0 aliphatic heterocycles. The number of hydrogen-bond acceptors (Lipinski definition) is 2. The van der Waals surface area contributed by atoms with E-state index in [1.807, 2.05) is 0 Å². The van der Waals surface area contributed by atoms with Gasteiger partial charge in [0.2, 0.25) is 0 Å². The van der Waals surface area contributed by atoms with E-state index in [0.717, 1.165) is 51.4 Å². The van der Waals surface area contributed by atoms with Crippen LogP contribution in [0.4, 0.5) is 26.3 Å². The number of fused-ring (bicyclic) bond motifs is 5. The van der Waals surface area contributed by atoms with Gasteiger partial charge in [-0.2, -0.15) is 26.3 Å². The second kappa shape index (κ2) is 10.5. The van der Waals surface area contributed by atoms with E-state index >= 15 is 0 Å². The Balaban J connectivity index is 1.47. The van der Waals surface area contributed by atoms with Gasteiger partial charge < -0.3 is 9.53 Å². The van der Waals surface area contributed by atoms with Crippen molar-refractivity contribution in [3.63, 3.8) is 0 Å². The molecule has 0 aromatic heterocycles. The van der Waals surface area contributed by atoms with Crippen LogP contribution in [0.25, 0.3) is 0 Å². The van der Waals surface area contributed by atoms with Gasteiger partial charge in [0.25, 0.3) is 5.60 Å². The molecule has 0 aromatic carbocycles. The number of hydrogen-bond donors (Lipinski definition) is 1. The monoisotopic (exact) mass is 610 g/mol. The zero-order valence-corrected chi connectivity index (χ0v) is 27.2. The molecule has 238 valence electrons. The van der Waals surface area contributed by atoms with Gasteiger partial charge in [0.15, 0.2) is 8.32 Å². The second-order valence-electron chi connectivity index (χ2n) is 16.1. The van der Waals surface area contributed by atoms with Crippen LogP contribution in [0.15, 0.2) is 11.6 Å². The Kier molecular flexibility index (Phi) is 8.56. The highest BCUT2D eigenvalue weighted by molar-refractivity contribution is 6.74. The van der Waals surface area contributed by atoms with Crippen molar-refractivity contribution in [3.8, 4) is 0 Å². The van der Waals surface area contributed by atoms with Crippen LogP contribution in [-0.4, -0.2) is 37.5 Å². The first-order chi connectivity index (χ1) is 18.5. The SMILES string of the molecule is CC(CCC(O)(C(F)(F)F)C(F)(F)F)C1CCC2C3CC=C4C[C@@H](O[Si](C)(C)C(C)(C)C)CCC4(C)C3CCC12C. The van der Waals surface area contributed by atoms with Crippen molar-refractivity contribution in [1.29, 1.82) is 0 Å². The third-order valence-corrected chi connectivity index (χ3v) is 17.5. The maximum atomic E-state index is 13.3. The van der Waals surface area contributed by atoms with E-state index in [-0.39, 0.29) is 40.2 Å². The predicted molar refractivity (Wildman–Crippen MR) is 153 cm³/mol. The van der Waals surface area contributed by atoms with Gasteiger partial charge in [-0.3, -0.25) is 0 Å². The molecule has 0 saturated heterocycles. The third kappa shape index (κ3) is 5.60. The average molecular weight is 611 g/mol. The quantitative estimate of drug-likeness (QED) is 0.184. The minimum Gasteiger partial charge on any atom is -0.414 e. The van der Waals surface area contributed by atoms with Crippen LogP contribution in [0.2, 0.25) is 18.1 Å². The van der Waals surface area contributed by atoms with Crippen molar-refractivity contribution in [1.82, 2.24) is 0 Å². The topological polar surface area (TPSA) is 29.5 Å². The Labute approximate surface area is 244 Å². The normalized spacial score (nSPS) is 37.6. The molecule has 0 amide bonds. The van der Waals surface area contributed by atoms with Crippen LogP contribution in [0, 0.1) is 40.4 Å². The van der Waals surface area contributed by atoms with Gasteiger partial charge in [-0.1, -0.05) is 53.2 Å². The minimum atomic E-state index is -5.75. The van der Waals surface area contributed by atoms with E-state index in [9.17, 15) is 31.4 Å². The van der Waals surface area contributed by atoms with Gasteiger partial charge in [-0.05, 0) is 123 Å². The summed E-state index contributed by atoms with van der Waals surface area (Å²) in [5, 5.41) is 9.89. The summed E-state index contributed by atoms with van der Waals surface area (Å²) in [4.78, 5) is 0. The summed E-state index contributed by atoms with van der Waals surface area (Å²) in [5.41, 5.74) is -3.08. The summed E-state index contributed by atoms with van der Waals surface area (Å²) in [6.45, 7) is 17.9. The van der Waals surface area contributed by atoms with Crippen molar-refractivity contribution in [2.24, 2.45) is 40.4 Å². The molecule has 0 heterocycles. The van der Waals surface area contributed by atoms with Crippen molar-refractivity contribution in [2.75, 3.05) is 0 Å². The molecule has 0 aromatic rings. The van der Waals surface area contributed by atoms with Crippen LogP contribution in [0.5, 0.6) is 0 Å². The minimum absolute atomic E-state index is 0.0612. The van der Waals surface area contributed by atoms with E-state index in [1.165, 1.54) is 0 Å². The predicted octanol–water partition coefficient (Wildman–Crippen LogP) is 10.2. The molecule has 3 fully saturated rings. The maximum absolute atomic E-state index is 13.3. The lowest BCUT2D eigenvalue weighted by Gasteiger charge is -2.59. The number of alkyl halides is 6. The van der Waals surface area contributed by atoms with Crippen molar-refractivity contribution in [3.05, 3.63) is 11.6 Å². The number of aliphatic hydroxyl groups is 1. The van der Waals surface area contributed by atoms with Gasteiger partial charge in [-0.15, -0.1) is 0 Å². The lowest BCUT2D eigenvalue weighted by molar-refractivity contribution is -0.370. The molecule has 3 saturated carbocycles. The molecule has 0 bridgehead atoms. The lowest BCUT2D eigenvalue weighted by Crippen LogP contribution is -2.57. The first kappa shape index (κ1) is 33.4. The summed E-state index contributed by atoms with van der Waals surface area (Å²) >= 11 is 0. The lowest BCUT2D eigenvalue weighted by atomic mass is 9.47. The van der Waals surface area contributed by atoms with Crippen LogP contribution >= 0.6 is 0 Å². The Morgan fingerprint density at radius 2 is 1.56 bits per heavy atom. The Morgan fingerprint density at radius 1 is 0.951 bits per heavy atom. The Hall–Kier alpha value is -0.543. The fourth-order valence-electron chi connectivity index (χ4n) is 9.38. The Bertz CT molecular complexity index is 984. The van der Waals surface area contributed by atoms with Gasteiger partial charge in [0.1, 0.15) is 0 Å². The fourth-order valence-corrected chi connectivity index (χ4v) is 10.8. The maximum Gasteiger partial charge on any atom is 0.426 e. The zero-order chi connectivity index (χ0) is 31.0. The van der Waals surface area contributed by atoms with Gasteiger partial charge in [0.05, 0.1) is 0 Å². The van der Waals surface area contributed by atoms with E-state index in [2.05, 4.69) is 53.8 Å². The van der Waals surface area contributed by atoms with Crippen LogP contribution in [-0.2, 0) is 4.43 Å². The molecule has 2 nitrogen and oxygen atoms in total. The number of halogens is 6. The molecular weight excluding hydrogens is 558 g/mol. The second-order valence-corrected chi connectivity index (χ2v) is 20.9. The fraction of sp³-hybridized carbons (Fsp3) is 0.938. The summed E-state index contributed by atoms with van der Waals surface area (Å²) < 4.78 is 86.7. The van der Waals surface area contributed by atoms with Gasteiger partial charge in [0, 0.05) is 6.10 Å². The van der Waals surface area contributed by atoms with Crippen molar-refractivity contribution in [2.45, 2.75) is 148 Å². The molecule has 4 aliphatic rings. The largest absolute Gasteiger partial charge is 0.426 e. The molecule has 41 heavy (non-hydrogen) atoms. The number of allylic oxidation sites excluding steroid dienone is 1. The molecule has 8 atom stereocenters. The highest BCUT2D eigenvalue weighted by Gasteiger charge is 2.70. The summed E-state index contributed by atoms with van der Waals surface area (Å²) in [6, 6.07) is 0. The molecule has 4 aliphatic carbocycles. The summed E-state index contributed by atoms with van der Waals surface area (Å²) in [7, 11) is -1.86. The highest BCUT2D eigenvalue weighted by atomic mass is 28.4. The van der Waals surface area contributed by atoms with E-state index in [1.54, 1.807) is 12.5 Å². The molecule has 9 heteroatoms. The third-order valence-electron chi connectivity index (χ3n) is 13.0. The Morgan fingerprint density at radius 3 is 2.12 bits per heavy atom. The smallest absolute Gasteiger partial charge is 0.414 e. The highest BCUT2D eigenvalue weighted by Crippen LogP contribution is 2.67. The molecule has 0 spiro atoms. The average Bonchev–Trinajstić information content (AvgIpc) is 3.17. The molecule has 7 unspecified atom stereocenters. The van der Waals surface area contributed by atoms with Crippen LogP contribution in [0.3, 0.4) is 0 Å². The van der Waals surface area contributed by atoms with Crippen LogP contribution < -0.4 is 0 Å². The molecular formula is C32H52F6O2Si. The zero-order valence-electron chi connectivity index (χ0n) is 26.2. The van der Waals surface area contributed by atoms with E-state index in [4.69, 9.17) is 4.43 Å². The molecule has 1 N–H and O–H groups in total. The summed E-state index contributed by atoms with van der Waals surface area (Å²) in [6.07, 6.45) is -2.40. The molecule has 4 rings (SSSR count). The first-order valence-corrected chi connectivity index (χ1v) is 18.6. The number of rotatable bonds is 6. The standard InChI is InChI=1S/C32H52F6O2Si/c1-20(13-18-30(39,31(33,34)35)32(36,37)38)24-11-12-25-23-10-9-21-19-22(40-41(7,8)27(2,3)4)14-16-28(21,5)26(23)15-17-29(24,25)6/h9,20,22-26,39H,10-19H2,1-8H3/t20?,22-,23?,24?,25?,26?,28?,29?/m0/s1. The van der Waals surface area contributed by atoms with Crippen molar-refractivity contribution < 1.29 is 35.9 Å². The van der Waals surface area contributed by atoms with Crippen LogP contribution in [0.1, 0.15) is 106 Å².